The third-order valence-corrected chi connectivity index (χ3v) is 3.50. The number of halogens is 1. The third-order valence-electron chi connectivity index (χ3n) is 3.25. The Morgan fingerprint density at radius 2 is 2.00 bits per heavy atom. The van der Waals surface area contributed by atoms with Gasteiger partial charge in [0.25, 0.3) is 0 Å². The molecule has 0 amide bonds. The molecule has 0 bridgehead atoms. The monoisotopic (exact) mass is 263 g/mol. The first-order valence-electron chi connectivity index (χ1n) is 6.21. The molecule has 1 aromatic carbocycles. The smallest absolute Gasteiger partial charge is 0.163 e. The highest BCUT2D eigenvalue weighted by molar-refractivity contribution is 6.30. The minimum atomic E-state index is 0.165. The van der Waals surface area contributed by atoms with Gasteiger partial charge in [-0.1, -0.05) is 23.7 Å². The molecule has 1 aliphatic rings. The lowest BCUT2D eigenvalue weighted by Gasteiger charge is -2.13. The van der Waals surface area contributed by atoms with Crippen LogP contribution in [-0.2, 0) is 4.79 Å². The molecule has 1 saturated carbocycles. The van der Waals surface area contributed by atoms with Crippen LogP contribution in [0.25, 0.3) is 6.08 Å². The number of hydrogen-bond donors (Lipinski definition) is 0. The van der Waals surface area contributed by atoms with E-state index in [4.69, 9.17) is 11.6 Å². The zero-order valence-corrected chi connectivity index (χ0v) is 11.6. The molecule has 1 fully saturated rings. The summed E-state index contributed by atoms with van der Waals surface area (Å²) in [6, 6.07) is 7.60. The van der Waals surface area contributed by atoms with Crippen LogP contribution in [0.2, 0.25) is 5.02 Å². The van der Waals surface area contributed by atoms with Crippen LogP contribution in [0, 0.1) is 5.92 Å². The summed E-state index contributed by atoms with van der Waals surface area (Å²) in [7, 11) is 4.02. The first kappa shape index (κ1) is 13.3. The standard InChI is InChI=1S/C15H18ClNO/c1-17(2)10-13-6-5-12(15(13)18)9-11-3-7-14(16)8-4-11/h3-4,7-9,13H,5-6,10H2,1-2H3. The van der Waals surface area contributed by atoms with Crippen molar-refractivity contribution >= 4 is 23.5 Å². The van der Waals surface area contributed by atoms with E-state index in [1.165, 1.54) is 0 Å². The largest absolute Gasteiger partial charge is 0.309 e. The second-order valence-electron chi connectivity index (χ2n) is 5.08. The lowest BCUT2D eigenvalue weighted by molar-refractivity contribution is -0.118. The molecule has 2 nitrogen and oxygen atoms in total. The van der Waals surface area contributed by atoms with Gasteiger partial charge >= 0.3 is 0 Å². The molecule has 0 radical (unpaired) electrons. The van der Waals surface area contributed by atoms with Crippen LogP contribution >= 0.6 is 11.6 Å². The topological polar surface area (TPSA) is 20.3 Å². The molecule has 1 aromatic rings. The minimum Gasteiger partial charge on any atom is -0.309 e. The summed E-state index contributed by atoms with van der Waals surface area (Å²) in [6.45, 7) is 0.844. The van der Waals surface area contributed by atoms with E-state index >= 15 is 0 Å². The van der Waals surface area contributed by atoms with Crippen LogP contribution in [0.15, 0.2) is 29.8 Å². The molecule has 0 saturated heterocycles. The summed E-state index contributed by atoms with van der Waals surface area (Å²) >= 11 is 5.84. The summed E-state index contributed by atoms with van der Waals surface area (Å²) in [5.74, 6) is 0.470. The Morgan fingerprint density at radius 1 is 1.33 bits per heavy atom. The van der Waals surface area contributed by atoms with E-state index in [2.05, 4.69) is 4.90 Å². The highest BCUT2D eigenvalue weighted by Crippen LogP contribution is 2.28. The van der Waals surface area contributed by atoms with Gasteiger partial charge in [0.15, 0.2) is 5.78 Å². The minimum absolute atomic E-state index is 0.165. The predicted molar refractivity (Wildman–Crippen MR) is 75.7 cm³/mol. The number of nitrogens with zero attached hydrogens (tertiary/aromatic N) is 1. The molecule has 0 spiro atoms. The first-order valence-corrected chi connectivity index (χ1v) is 6.59. The van der Waals surface area contributed by atoms with Gasteiger partial charge in [-0.2, -0.15) is 0 Å². The number of allylic oxidation sites excluding steroid dienone is 1. The van der Waals surface area contributed by atoms with Gasteiger partial charge < -0.3 is 4.90 Å². The molecule has 1 aliphatic carbocycles. The van der Waals surface area contributed by atoms with E-state index in [9.17, 15) is 4.79 Å². The molecule has 96 valence electrons. The number of hydrogen-bond acceptors (Lipinski definition) is 2. The van der Waals surface area contributed by atoms with Gasteiger partial charge in [0.1, 0.15) is 0 Å². The Balaban J connectivity index is 2.11. The van der Waals surface area contributed by atoms with Crippen molar-refractivity contribution in [2.75, 3.05) is 20.6 Å². The Kier molecular flexibility index (Phi) is 4.20. The Bertz CT molecular complexity index is 462. The molecule has 3 heteroatoms. The Labute approximate surface area is 113 Å². The summed E-state index contributed by atoms with van der Waals surface area (Å²) in [6.07, 6.45) is 3.85. The number of carbonyl (C=O) groups is 1. The van der Waals surface area contributed by atoms with Crippen molar-refractivity contribution in [3.05, 3.63) is 40.4 Å². The van der Waals surface area contributed by atoms with Gasteiger partial charge in [0, 0.05) is 17.5 Å². The predicted octanol–water partition coefficient (Wildman–Crippen LogP) is 3.26. The third kappa shape index (κ3) is 3.21. The summed E-state index contributed by atoms with van der Waals surface area (Å²) < 4.78 is 0. The van der Waals surface area contributed by atoms with Gasteiger partial charge in [-0.05, 0) is 56.3 Å². The second kappa shape index (κ2) is 5.68. The fourth-order valence-electron chi connectivity index (χ4n) is 2.36. The van der Waals surface area contributed by atoms with E-state index in [1.807, 2.05) is 44.4 Å². The van der Waals surface area contributed by atoms with Crippen molar-refractivity contribution in [3.8, 4) is 0 Å². The van der Waals surface area contributed by atoms with E-state index in [0.717, 1.165) is 35.5 Å². The van der Waals surface area contributed by atoms with Crippen molar-refractivity contribution in [2.24, 2.45) is 5.92 Å². The van der Waals surface area contributed by atoms with Gasteiger partial charge in [0.05, 0.1) is 0 Å². The normalized spacial score (nSPS) is 22.1. The molecule has 1 atom stereocenters. The molecular formula is C15H18ClNO. The maximum Gasteiger partial charge on any atom is 0.163 e. The first-order chi connectivity index (χ1) is 8.56. The number of rotatable bonds is 3. The average molecular weight is 264 g/mol. The van der Waals surface area contributed by atoms with Crippen molar-refractivity contribution < 1.29 is 4.79 Å². The van der Waals surface area contributed by atoms with E-state index < -0.39 is 0 Å². The number of carbonyl (C=O) groups excluding carboxylic acids is 1. The fraction of sp³-hybridized carbons (Fsp3) is 0.400. The molecule has 18 heavy (non-hydrogen) atoms. The molecule has 2 rings (SSSR count). The van der Waals surface area contributed by atoms with Crippen molar-refractivity contribution in [2.45, 2.75) is 12.8 Å². The molecule has 0 heterocycles. The van der Waals surface area contributed by atoms with E-state index in [-0.39, 0.29) is 5.92 Å². The Hall–Kier alpha value is -1.12. The number of benzene rings is 1. The van der Waals surface area contributed by atoms with Crippen LogP contribution in [0.3, 0.4) is 0 Å². The lowest BCUT2D eigenvalue weighted by Crippen LogP contribution is -2.24. The molecule has 1 unspecified atom stereocenters. The highest BCUT2D eigenvalue weighted by atomic mass is 35.5. The summed E-state index contributed by atoms with van der Waals surface area (Å²) in [5, 5.41) is 0.723. The van der Waals surface area contributed by atoms with Crippen LogP contribution in [0.5, 0.6) is 0 Å². The number of Topliss-reactive ketones (excluding diaryl/α,β-unsaturated/α-hetero) is 1. The molecule has 0 aliphatic heterocycles. The van der Waals surface area contributed by atoms with Gasteiger partial charge in [-0.25, -0.2) is 0 Å². The van der Waals surface area contributed by atoms with Crippen LogP contribution in [0.4, 0.5) is 0 Å². The zero-order chi connectivity index (χ0) is 13.1. The lowest BCUT2D eigenvalue weighted by atomic mass is 10.0. The van der Waals surface area contributed by atoms with Crippen molar-refractivity contribution in [1.82, 2.24) is 4.90 Å². The van der Waals surface area contributed by atoms with Crippen molar-refractivity contribution in [1.29, 1.82) is 0 Å². The maximum atomic E-state index is 12.2. The van der Waals surface area contributed by atoms with E-state index in [1.54, 1.807) is 0 Å². The fourth-order valence-corrected chi connectivity index (χ4v) is 2.49. The highest BCUT2D eigenvalue weighted by Gasteiger charge is 2.29. The molecular weight excluding hydrogens is 246 g/mol. The average Bonchev–Trinajstić information content (AvgIpc) is 2.64. The quantitative estimate of drug-likeness (QED) is 0.780. The second-order valence-corrected chi connectivity index (χ2v) is 5.52. The van der Waals surface area contributed by atoms with Gasteiger partial charge in [-0.3, -0.25) is 4.79 Å². The number of ketones is 1. The van der Waals surface area contributed by atoms with Gasteiger partial charge in [-0.15, -0.1) is 0 Å². The van der Waals surface area contributed by atoms with E-state index in [0.29, 0.717) is 5.78 Å². The van der Waals surface area contributed by atoms with Crippen LogP contribution in [0.1, 0.15) is 18.4 Å². The zero-order valence-electron chi connectivity index (χ0n) is 10.8. The van der Waals surface area contributed by atoms with Crippen LogP contribution < -0.4 is 0 Å². The van der Waals surface area contributed by atoms with Gasteiger partial charge in [0.2, 0.25) is 0 Å². The summed E-state index contributed by atoms with van der Waals surface area (Å²) in [4.78, 5) is 14.3. The molecule has 0 N–H and O–H groups in total. The molecule has 0 aromatic heterocycles. The maximum absolute atomic E-state index is 12.2. The Morgan fingerprint density at radius 3 is 2.61 bits per heavy atom. The van der Waals surface area contributed by atoms with Crippen molar-refractivity contribution in [3.63, 3.8) is 0 Å². The SMILES string of the molecule is CN(C)CC1CCC(=Cc2ccc(Cl)cc2)C1=O. The van der Waals surface area contributed by atoms with Crippen LogP contribution in [-0.4, -0.2) is 31.3 Å². The summed E-state index contributed by atoms with van der Waals surface area (Å²) in [5.41, 5.74) is 2.00.